The van der Waals surface area contributed by atoms with Gasteiger partial charge in [0.25, 0.3) is 0 Å². The highest BCUT2D eigenvalue weighted by molar-refractivity contribution is 6.20. The Hall–Kier alpha value is -6.65. The predicted molar refractivity (Wildman–Crippen MR) is 209 cm³/mol. The number of hydrogen-bond acceptors (Lipinski definition) is 4. The van der Waals surface area contributed by atoms with Gasteiger partial charge in [-0.1, -0.05) is 152 Å². The summed E-state index contributed by atoms with van der Waals surface area (Å²) in [6.07, 6.45) is 9.37. The number of para-hydroxylation sites is 1. The van der Waals surface area contributed by atoms with Gasteiger partial charge in [-0.3, -0.25) is 0 Å². The van der Waals surface area contributed by atoms with Gasteiger partial charge in [0.2, 0.25) is 0 Å². The number of allylic oxidation sites excluding steroid dienone is 4. The largest absolute Gasteiger partial charge is 0.455 e. The van der Waals surface area contributed by atoms with Crippen LogP contribution in [0.2, 0.25) is 0 Å². The molecule has 4 heteroatoms. The summed E-state index contributed by atoms with van der Waals surface area (Å²) >= 11 is 0. The van der Waals surface area contributed by atoms with E-state index in [9.17, 15) is 0 Å². The van der Waals surface area contributed by atoms with Crippen LogP contribution in [0.15, 0.2) is 174 Å². The maximum Gasteiger partial charge on any atom is 0.164 e. The molecule has 51 heavy (non-hydrogen) atoms. The number of rotatable bonds is 5. The van der Waals surface area contributed by atoms with Gasteiger partial charge in [0.1, 0.15) is 17.0 Å². The molecule has 1 unspecified atom stereocenters. The second kappa shape index (κ2) is 12.0. The summed E-state index contributed by atoms with van der Waals surface area (Å²) in [5.74, 6) is 2.23. The van der Waals surface area contributed by atoms with Crippen molar-refractivity contribution in [1.29, 1.82) is 0 Å². The first-order chi connectivity index (χ1) is 25.3. The molecule has 0 spiro atoms. The molecular formula is C47H31N3O. The van der Waals surface area contributed by atoms with E-state index in [-0.39, 0.29) is 5.92 Å². The molecule has 0 saturated carbocycles. The van der Waals surface area contributed by atoms with E-state index in [4.69, 9.17) is 19.4 Å². The summed E-state index contributed by atoms with van der Waals surface area (Å²) in [7, 11) is 0. The molecule has 10 rings (SSSR count). The molecule has 1 aliphatic carbocycles. The van der Waals surface area contributed by atoms with Crippen molar-refractivity contribution in [2.24, 2.45) is 0 Å². The minimum atomic E-state index is 0.0904. The molecule has 4 nitrogen and oxygen atoms in total. The monoisotopic (exact) mass is 653 g/mol. The molecule has 0 amide bonds. The molecule has 240 valence electrons. The highest BCUT2D eigenvalue weighted by Crippen LogP contribution is 2.45. The van der Waals surface area contributed by atoms with Crippen LogP contribution >= 0.6 is 0 Å². The Labute approximate surface area is 295 Å². The van der Waals surface area contributed by atoms with Gasteiger partial charge in [0, 0.05) is 33.4 Å². The summed E-state index contributed by atoms with van der Waals surface area (Å²) < 4.78 is 6.74. The number of nitrogens with zero attached hydrogens (tertiary/aromatic N) is 3. The van der Waals surface area contributed by atoms with Crippen molar-refractivity contribution < 1.29 is 4.42 Å². The van der Waals surface area contributed by atoms with Crippen molar-refractivity contribution in [1.82, 2.24) is 15.0 Å². The third kappa shape index (κ3) is 4.95. The Balaban J connectivity index is 1.20. The number of benzene rings is 7. The minimum absolute atomic E-state index is 0.0904. The molecule has 1 aliphatic rings. The number of hydrogen-bond donors (Lipinski definition) is 0. The van der Waals surface area contributed by atoms with Crippen LogP contribution in [0.1, 0.15) is 18.2 Å². The fourth-order valence-corrected chi connectivity index (χ4v) is 7.62. The lowest BCUT2D eigenvalue weighted by Gasteiger charge is -2.16. The highest BCUT2D eigenvalue weighted by Gasteiger charge is 2.22. The zero-order valence-electron chi connectivity index (χ0n) is 27.7. The van der Waals surface area contributed by atoms with Crippen LogP contribution in [0.25, 0.3) is 88.5 Å². The van der Waals surface area contributed by atoms with Gasteiger partial charge in [-0.2, -0.15) is 0 Å². The summed E-state index contributed by atoms with van der Waals surface area (Å²) in [5, 5.41) is 6.84. The second-order valence-corrected chi connectivity index (χ2v) is 13.1. The van der Waals surface area contributed by atoms with E-state index in [2.05, 4.69) is 146 Å². The van der Waals surface area contributed by atoms with Crippen LogP contribution in [0, 0.1) is 0 Å². The molecule has 1 atom stereocenters. The van der Waals surface area contributed by atoms with Crippen molar-refractivity contribution in [3.63, 3.8) is 0 Å². The Kier molecular flexibility index (Phi) is 6.91. The third-order valence-electron chi connectivity index (χ3n) is 10.1. The van der Waals surface area contributed by atoms with Gasteiger partial charge in [-0.25, -0.2) is 15.0 Å². The molecule has 0 saturated heterocycles. The lowest BCUT2D eigenvalue weighted by molar-refractivity contribution is 0.670. The van der Waals surface area contributed by atoms with E-state index in [0.29, 0.717) is 11.6 Å². The van der Waals surface area contributed by atoms with Gasteiger partial charge >= 0.3 is 0 Å². The number of aromatic nitrogens is 3. The molecule has 2 aromatic heterocycles. The molecule has 2 heterocycles. The van der Waals surface area contributed by atoms with Crippen molar-refractivity contribution in [3.05, 3.63) is 176 Å². The van der Waals surface area contributed by atoms with Crippen LogP contribution in [0.4, 0.5) is 0 Å². The quantitative estimate of drug-likeness (QED) is 0.185. The number of furan rings is 1. The summed E-state index contributed by atoms with van der Waals surface area (Å²) in [4.78, 5) is 15.2. The van der Waals surface area contributed by atoms with E-state index >= 15 is 0 Å². The molecule has 0 radical (unpaired) electrons. The zero-order valence-corrected chi connectivity index (χ0v) is 27.7. The zero-order chi connectivity index (χ0) is 33.7. The van der Waals surface area contributed by atoms with Crippen molar-refractivity contribution in [2.45, 2.75) is 12.3 Å². The van der Waals surface area contributed by atoms with Gasteiger partial charge in [-0.15, -0.1) is 0 Å². The molecule has 0 N–H and O–H groups in total. The Bertz CT molecular complexity index is 2840. The standard InChI is InChI=1S/C47H31N3O/c1-3-15-31(16-4-1)45-48-46(32-17-5-2-6-18-32)50-47(49-45)40-29-26-37(35-21-9-10-22-36(35)40)38-27-28-39(34-24-13-19-30-14-7-8-20-33(30)34)44-43(38)41-23-11-12-25-42(41)51-44/h1-17,19-29,32H,18H2. The summed E-state index contributed by atoms with van der Waals surface area (Å²) in [6.45, 7) is 0. The number of fused-ring (bicyclic) bond motifs is 5. The lowest BCUT2D eigenvalue weighted by Crippen LogP contribution is -2.08. The molecule has 0 fully saturated rings. The van der Waals surface area contributed by atoms with Crippen LogP contribution in [0.3, 0.4) is 0 Å². The molecule has 9 aromatic rings. The van der Waals surface area contributed by atoms with E-state index in [1.54, 1.807) is 0 Å². The summed E-state index contributed by atoms with van der Waals surface area (Å²) in [6, 6.07) is 51.1. The van der Waals surface area contributed by atoms with Gasteiger partial charge in [0.05, 0.1) is 0 Å². The lowest BCUT2D eigenvalue weighted by atomic mass is 9.89. The highest BCUT2D eigenvalue weighted by atomic mass is 16.3. The van der Waals surface area contributed by atoms with Crippen LogP contribution in [0.5, 0.6) is 0 Å². The van der Waals surface area contributed by atoms with Gasteiger partial charge in [-0.05, 0) is 62.9 Å². The topological polar surface area (TPSA) is 51.8 Å². The van der Waals surface area contributed by atoms with Crippen molar-refractivity contribution >= 4 is 43.5 Å². The van der Waals surface area contributed by atoms with Crippen LogP contribution in [-0.2, 0) is 0 Å². The van der Waals surface area contributed by atoms with E-state index in [0.717, 1.165) is 78.3 Å². The Morgan fingerprint density at radius 2 is 1.12 bits per heavy atom. The van der Waals surface area contributed by atoms with Crippen LogP contribution in [-0.4, -0.2) is 15.0 Å². The van der Waals surface area contributed by atoms with Gasteiger partial charge in [0.15, 0.2) is 11.6 Å². The van der Waals surface area contributed by atoms with E-state index in [1.165, 1.54) is 10.8 Å². The maximum atomic E-state index is 6.74. The molecule has 0 bridgehead atoms. The fourth-order valence-electron chi connectivity index (χ4n) is 7.62. The SMILES string of the molecule is C1=CCC(c2nc(-c3ccccc3)nc(-c3ccc(-c4ccc(-c5cccc6ccccc56)c5oc6ccccc6c45)c4ccccc34)n2)C=C1. The molecular weight excluding hydrogens is 623 g/mol. The maximum absolute atomic E-state index is 6.74. The second-order valence-electron chi connectivity index (χ2n) is 13.1. The van der Waals surface area contributed by atoms with Gasteiger partial charge < -0.3 is 4.42 Å². The Morgan fingerprint density at radius 3 is 1.96 bits per heavy atom. The fraction of sp³-hybridized carbons (Fsp3) is 0.0426. The summed E-state index contributed by atoms with van der Waals surface area (Å²) in [5.41, 5.74) is 8.22. The minimum Gasteiger partial charge on any atom is -0.455 e. The van der Waals surface area contributed by atoms with E-state index < -0.39 is 0 Å². The van der Waals surface area contributed by atoms with Crippen LogP contribution < -0.4 is 0 Å². The average molecular weight is 654 g/mol. The average Bonchev–Trinajstić information content (AvgIpc) is 3.60. The molecule has 0 aliphatic heterocycles. The normalized spacial score (nSPS) is 14.2. The third-order valence-corrected chi connectivity index (χ3v) is 10.1. The Morgan fingerprint density at radius 1 is 0.471 bits per heavy atom. The van der Waals surface area contributed by atoms with Crippen molar-refractivity contribution in [2.75, 3.05) is 0 Å². The predicted octanol–water partition coefficient (Wildman–Crippen LogP) is 12.3. The first kappa shape index (κ1) is 29.3. The van der Waals surface area contributed by atoms with E-state index in [1.807, 2.05) is 24.3 Å². The smallest absolute Gasteiger partial charge is 0.164 e. The first-order valence-corrected chi connectivity index (χ1v) is 17.4. The first-order valence-electron chi connectivity index (χ1n) is 17.4. The molecule has 7 aromatic carbocycles. The van der Waals surface area contributed by atoms with Crippen molar-refractivity contribution in [3.8, 4) is 45.0 Å².